The summed E-state index contributed by atoms with van der Waals surface area (Å²) >= 11 is 0.265. The fourth-order valence-corrected chi connectivity index (χ4v) is 2.64. The van der Waals surface area contributed by atoms with Gasteiger partial charge in [-0.3, -0.25) is 0 Å². The Balaban J connectivity index is 2.99. The van der Waals surface area contributed by atoms with Crippen molar-refractivity contribution in [3.63, 3.8) is 0 Å². The van der Waals surface area contributed by atoms with Gasteiger partial charge < -0.3 is 0 Å². The minimum atomic E-state index is 0.265. The number of rotatable bonds is 0. The maximum absolute atomic E-state index is 8.89. The average molecular weight is 240 g/mol. The average Bonchev–Trinajstić information content (AvgIpc) is 2.62. The van der Waals surface area contributed by atoms with Gasteiger partial charge in [-0.1, -0.05) is 0 Å². The molecule has 0 saturated heterocycles. The van der Waals surface area contributed by atoms with Crippen LogP contribution in [0.2, 0.25) is 0 Å². The molecule has 0 atom stereocenters. The van der Waals surface area contributed by atoms with Crippen molar-refractivity contribution in [2.45, 2.75) is 0 Å². The van der Waals surface area contributed by atoms with E-state index in [-0.39, 0.29) is 14.5 Å². The standard InChI is InChI=1S/C9H7NO2Se/c11-3-6-1-8-9(13-5-10-8)2-7(6)4-12/h1-5,11-12H. The Labute approximate surface area is 80.0 Å². The van der Waals surface area contributed by atoms with Crippen molar-refractivity contribution in [2.75, 3.05) is 0 Å². The van der Waals surface area contributed by atoms with Crippen molar-refractivity contribution >= 4 is 36.8 Å². The van der Waals surface area contributed by atoms with Crippen LogP contribution in [0.5, 0.6) is 0 Å². The summed E-state index contributed by atoms with van der Waals surface area (Å²) in [6, 6.07) is 3.62. The Morgan fingerprint density at radius 3 is 2.54 bits per heavy atom. The zero-order valence-corrected chi connectivity index (χ0v) is 8.35. The molecule has 2 N–H and O–H groups in total. The third kappa shape index (κ3) is 1.34. The molecule has 0 unspecified atom stereocenters. The van der Waals surface area contributed by atoms with Crippen molar-refractivity contribution in [2.24, 2.45) is 0 Å². The molecule has 0 saturated carbocycles. The van der Waals surface area contributed by atoms with Crippen LogP contribution < -0.4 is 10.4 Å². The number of benzene rings is 1. The number of aromatic nitrogens is 1. The van der Waals surface area contributed by atoms with Crippen LogP contribution in [0.15, 0.2) is 17.2 Å². The van der Waals surface area contributed by atoms with E-state index in [1.807, 2.05) is 11.1 Å². The zero-order valence-electron chi connectivity index (χ0n) is 6.64. The molecule has 0 aliphatic heterocycles. The summed E-state index contributed by atoms with van der Waals surface area (Å²) in [5.41, 5.74) is 0.894. The molecule has 0 aliphatic rings. The first-order valence-corrected chi connectivity index (χ1v) is 5.52. The Kier molecular flexibility index (Phi) is 2.08. The zero-order chi connectivity index (χ0) is 9.26. The van der Waals surface area contributed by atoms with Gasteiger partial charge in [0.15, 0.2) is 0 Å². The van der Waals surface area contributed by atoms with Gasteiger partial charge in [-0.05, 0) is 0 Å². The summed E-state index contributed by atoms with van der Waals surface area (Å²) in [5, 5.41) is 20.9. The third-order valence-corrected chi connectivity index (χ3v) is 3.48. The van der Waals surface area contributed by atoms with Crippen molar-refractivity contribution < 1.29 is 10.2 Å². The molecule has 1 aromatic carbocycles. The van der Waals surface area contributed by atoms with E-state index in [0.29, 0.717) is 10.4 Å². The van der Waals surface area contributed by atoms with Gasteiger partial charge in [0.2, 0.25) is 0 Å². The molecule has 0 aliphatic carbocycles. The molecule has 0 amide bonds. The fourth-order valence-electron chi connectivity index (χ4n) is 1.16. The molecular formula is C9H7NO2Se. The van der Waals surface area contributed by atoms with Gasteiger partial charge in [0, 0.05) is 0 Å². The number of hydrogen-bond acceptors (Lipinski definition) is 3. The Bertz CT molecular complexity index is 496. The molecule has 2 rings (SSSR count). The number of fused-ring (bicyclic) bond motifs is 1. The Morgan fingerprint density at radius 2 is 1.85 bits per heavy atom. The predicted molar refractivity (Wildman–Crippen MR) is 52.1 cm³/mol. The van der Waals surface area contributed by atoms with E-state index < -0.39 is 0 Å². The van der Waals surface area contributed by atoms with Crippen molar-refractivity contribution in [1.82, 2.24) is 4.98 Å². The van der Waals surface area contributed by atoms with Gasteiger partial charge in [0.1, 0.15) is 0 Å². The second kappa shape index (κ2) is 3.24. The molecule has 1 aromatic heterocycles. The van der Waals surface area contributed by atoms with Gasteiger partial charge in [-0.2, -0.15) is 0 Å². The van der Waals surface area contributed by atoms with E-state index >= 15 is 0 Å². The molecule has 66 valence electrons. The SMILES string of the molecule is OC=c1cc2nc[se]c2cc1=CO. The van der Waals surface area contributed by atoms with E-state index in [0.717, 1.165) is 22.3 Å². The van der Waals surface area contributed by atoms with Crippen LogP contribution in [0.25, 0.3) is 22.3 Å². The molecule has 1 heterocycles. The topological polar surface area (TPSA) is 53.4 Å². The second-order valence-electron chi connectivity index (χ2n) is 2.56. The number of aliphatic hydroxyl groups is 2. The molecule has 0 radical (unpaired) electrons. The monoisotopic (exact) mass is 241 g/mol. The van der Waals surface area contributed by atoms with E-state index in [9.17, 15) is 0 Å². The maximum atomic E-state index is 8.89. The first-order valence-electron chi connectivity index (χ1n) is 3.67. The van der Waals surface area contributed by atoms with Crippen LogP contribution in [0.3, 0.4) is 0 Å². The number of nitrogens with zero attached hydrogens (tertiary/aromatic N) is 1. The van der Waals surface area contributed by atoms with Crippen molar-refractivity contribution in [3.05, 3.63) is 27.6 Å². The molecular weight excluding hydrogens is 233 g/mol. The van der Waals surface area contributed by atoms with Gasteiger partial charge in [0.05, 0.1) is 0 Å². The van der Waals surface area contributed by atoms with Crippen LogP contribution in [0.1, 0.15) is 0 Å². The normalized spacial score (nSPS) is 14.2. The third-order valence-electron chi connectivity index (χ3n) is 1.81. The molecule has 3 nitrogen and oxygen atoms in total. The first kappa shape index (κ1) is 8.35. The van der Waals surface area contributed by atoms with Crippen LogP contribution in [0.4, 0.5) is 0 Å². The van der Waals surface area contributed by atoms with Gasteiger partial charge in [0.25, 0.3) is 0 Å². The summed E-state index contributed by atoms with van der Waals surface area (Å²) in [6.07, 6.45) is 1.97. The molecule has 0 bridgehead atoms. The Morgan fingerprint density at radius 1 is 1.15 bits per heavy atom. The van der Waals surface area contributed by atoms with Gasteiger partial charge in [-0.25, -0.2) is 0 Å². The molecule has 2 aromatic rings. The van der Waals surface area contributed by atoms with Crippen molar-refractivity contribution in [3.8, 4) is 0 Å². The molecule has 13 heavy (non-hydrogen) atoms. The number of hydrogen-bond donors (Lipinski definition) is 2. The summed E-state index contributed by atoms with van der Waals surface area (Å²) in [4.78, 5) is 4.16. The minimum absolute atomic E-state index is 0.265. The van der Waals surface area contributed by atoms with Crippen molar-refractivity contribution in [1.29, 1.82) is 0 Å². The quantitative estimate of drug-likeness (QED) is 0.631. The van der Waals surface area contributed by atoms with Crippen LogP contribution in [-0.2, 0) is 0 Å². The van der Waals surface area contributed by atoms with Gasteiger partial charge >= 0.3 is 79.6 Å². The summed E-state index contributed by atoms with van der Waals surface area (Å²) in [7, 11) is 0. The Hall–Kier alpha value is -1.25. The summed E-state index contributed by atoms with van der Waals surface area (Å²) < 4.78 is 1.14. The molecule has 4 heteroatoms. The predicted octanol–water partition coefficient (Wildman–Crippen LogP) is -0.116. The fraction of sp³-hybridized carbons (Fsp3) is 0. The molecule has 0 spiro atoms. The van der Waals surface area contributed by atoms with Crippen LogP contribution in [-0.4, -0.2) is 29.7 Å². The van der Waals surface area contributed by atoms with Gasteiger partial charge in [-0.15, -0.1) is 0 Å². The first-order chi connectivity index (χ1) is 6.35. The van der Waals surface area contributed by atoms with E-state index in [2.05, 4.69) is 4.98 Å². The van der Waals surface area contributed by atoms with E-state index in [1.165, 1.54) is 0 Å². The van der Waals surface area contributed by atoms with Crippen LogP contribution in [0, 0.1) is 0 Å². The second-order valence-corrected chi connectivity index (χ2v) is 4.42. The number of aliphatic hydroxyl groups excluding tert-OH is 2. The van der Waals surface area contributed by atoms with E-state index in [1.54, 1.807) is 6.07 Å². The van der Waals surface area contributed by atoms with Crippen LogP contribution >= 0.6 is 0 Å². The van der Waals surface area contributed by atoms with E-state index in [4.69, 9.17) is 10.2 Å². The summed E-state index contributed by atoms with van der Waals surface area (Å²) in [5.74, 6) is 0. The summed E-state index contributed by atoms with van der Waals surface area (Å²) in [6.45, 7) is 0. The molecule has 0 fully saturated rings.